The third-order valence-corrected chi connectivity index (χ3v) is 4.69. The van der Waals surface area contributed by atoms with Crippen molar-refractivity contribution >= 4 is 17.5 Å². The average molecular weight is 393 g/mol. The van der Waals surface area contributed by atoms with Gasteiger partial charge in [0.25, 0.3) is 0 Å². The quantitative estimate of drug-likeness (QED) is 0.636. The first-order valence-corrected chi connectivity index (χ1v) is 9.11. The SMILES string of the molecule is O=C(CCc1ccccc1Cl)N1CCN(CCCOCC(F)(F)F)CC1. The number of carbonyl (C=O) groups excluding carboxylic acids is 1. The van der Waals surface area contributed by atoms with E-state index in [1.54, 1.807) is 0 Å². The second-order valence-corrected chi connectivity index (χ2v) is 6.74. The minimum absolute atomic E-state index is 0.0937. The van der Waals surface area contributed by atoms with Gasteiger partial charge >= 0.3 is 6.18 Å². The molecule has 1 amide bonds. The van der Waals surface area contributed by atoms with Gasteiger partial charge in [-0.3, -0.25) is 9.69 Å². The van der Waals surface area contributed by atoms with Crippen LogP contribution in [0, 0.1) is 0 Å². The fourth-order valence-corrected chi connectivity index (χ4v) is 3.13. The first-order chi connectivity index (χ1) is 12.3. The highest BCUT2D eigenvalue weighted by Gasteiger charge is 2.27. The van der Waals surface area contributed by atoms with Crippen LogP contribution in [0.4, 0.5) is 13.2 Å². The second kappa shape index (κ2) is 10.1. The van der Waals surface area contributed by atoms with Crippen molar-refractivity contribution in [3.05, 3.63) is 34.9 Å². The molecule has 1 fully saturated rings. The number of hydrogen-bond donors (Lipinski definition) is 0. The number of hydrogen-bond acceptors (Lipinski definition) is 3. The predicted molar refractivity (Wildman–Crippen MR) is 94.3 cm³/mol. The Balaban J connectivity index is 1.60. The van der Waals surface area contributed by atoms with E-state index in [0.29, 0.717) is 43.9 Å². The number of piperazine rings is 1. The molecule has 0 aromatic heterocycles. The summed E-state index contributed by atoms with van der Waals surface area (Å²) in [4.78, 5) is 16.3. The van der Waals surface area contributed by atoms with Crippen LogP contribution in [0.1, 0.15) is 18.4 Å². The van der Waals surface area contributed by atoms with Crippen LogP contribution in [0.2, 0.25) is 5.02 Å². The molecule has 0 spiro atoms. The molecule has 0 aliphatic carbocycles. The molecule has 0 atom stereocenters. The van der Waals surface area contributed by atoms with Crippen molar-refractivity contribution in [3.8, 4) is 0 Å². The Kier molecular flexibility index (Phi) is 8.18. The molecule has 0 N–H and O–H groups in total. The Morgan fingerprint density at radius 1 is 1.15 bits per heavy atom. The molecular weight excluding hydrogens is 369 g/mol. The number of benzene rings is 1. The van der Waals surface area contributed by atoms with Gasteiger partial charge in [-0.15, -0.1) is 0 Å². The Labute approximate surface area is 156 Å². The number of halogens is 4. The summed E-state index contributed by atoms with van der Waals surface area (Å²) in [5.74, 6) is 0.109. The van der Waals surface area contributed by atoms with Gasteiger partial charge in [0.05, 0.1) is 0 Å². The van der Waals surface area contributed by atoms with Crippen molar-refractivity contribution in [2.45, 2.75) is 25.4 Å². The summed E-state index contributed by atoms with van der Waals surface area (Å²) in [5, 5.41) is 0.679. The number of carbonyl (C=O) groups is 1. The lowest BCUT2D eigenvalue weighted by molar-refractivity contribution is -0.174. The third kappa shape index (κ3) is 7.51. The van der Waals surface area contributed by atoms with Crippen molar-refractivity contribution in [1.82, 2.24) is 9.80 Å². The third-order valence-electron chi connectivity index (χ3n) is 4.32. The van der Waals surface area contributed by atoms with E-state index in [-0.39, 0.29) is 12.5 Å². The summed E-state index contributed by atoms with van der Waals surface area (Å²) < 4.78 is 40.5. The zero-order valence-corrected chi connectivity index (χ0v) is 15.4. The molecule has 0 saturated carbocycles. The zero-order chi connectivity index (χ0) is 19.0. The van der Waals surface area contributed by atoms with Crippen LogP contribution in [-0.4, -0.2) is 67.8 Å². The molecule has 146 valence electrons. The highest BCUT2D eigenvalue weighted by atomic mass is 35.5. The molecule has 2 rings (SSSR count). The van der Waals surface area contributed by atoms with Gasteiger partial charge in [0.15, 0.2) is 0 Å². The van der Waals surface area contributed by atoms with Crippen molar-refractivity contribution < 1.29 is 22.7 Å². The van der Waals surface area contributed by atoms with Crippen LogP contribution < -0.4 is 0 Å². The highest BCUT2D eigenvalue weighted by Crippen LogP contribution is 2.17. The molecule has 1 saturated heterocycles. The van der Waals surface area contributed by atoms with Gasteiger partial charge in [-0.05, 0) is 24.5 Å². The molecule has 0 bridgehead atoms. The molecule has 1 heterocycles. The average Bonchev–Trinajstić information content (AvgIpc) is 2.60. The molecule has 4 nitrogen and oxygen atoms in total. The van der Waals surface area contributed by atoms with Gasteiger partial charge in [-0.1, -0.05) is 29.8 Å². The molecule has 1 aromatic carbocycles. The normalized spacial score (nSPS) is 16.1. The maximum Gasteiger partial charge on any atom is 0.411 e. The van der Waals surface area contributed by atoms with Gasteiger partial charge in [0, 0.05) is 50.8 Å². The highest BCUT2D eigenvalue weighted by molar-refractivity contribution is 6.31. The lowest BCUT2D eigenvalue weighted by Gasteiger charge is -2.34. The summed E-state index contributed by atoms with van der Waals surface area (Å²) >= 11 is 6.10. The van der Waals surface area contributed by atoms with Crippen molar-refractivity contribution in [2.24, 2.45) is 0 Å². The van der Waals surface area contributed by atoms with E-state index < -0.39 is 12.8 Å². The minimum Gasteiger partial charge on any atom is -0.372 e. The van der Waals surface area contributed by atoms with E-state index in [9.17, 15) is 18.0 Å². The van der Waals surface area contributed by atoms with E-state index in [2.05, 4.69) is 9.64 Å². The topological polar surface area (TPSA) is 32.8 Å². The van der Waals surface area contributed by atoms with E-state index in [4.69, 9.17) is 11.6 Å². The van der Waals surface area contributed by atoms with Gasteiger partial charge in [0.2, 0.25) is 5.91 Å². The summed E-state index contributed by atoms with van der Waals surface area (Å²) in [5.41, 5.74) is 0.972. The molecule has 0 radical (unpaired) electrons. The number of amides is 1. The summed E-state index contributed by atoms with van der Waals surface area (Å²) in [7, 11) is 0. The maximum atomic E-state index is 12.3. The zero-order valence-electron chi connectivity index (χ0n) is 14.6. The van der Waals surface area contributed by atoms with Crippen LogP contribution in [-0.2, 0) is 16.0 Å². The first-order valence-electron chi connectivity index (χ1n) is 8.73. The van der Waals surface area contributed by atoms with Crippen LogP contribution >= 0.6 is 11.6 Å². The maximum absolute atomic E-state index is 12.3. The van der Waals surface area contributed by atoms with Gasteiger partial charge in [0.1, 0.15) is 6.61 Å². The molecule has 0 unspecified atom stereocenters. The van der Waals surface area contributed by atoms with Crippen molar-refractivity contribution in [3.63, 3.8) is 0 Å². The summed E-state index contributed by atoms with van der Waals surface area (Å²) in [6.45, 7) is 2.33. The van der Waals surface area contributed by atoms with E-state index >= 15 is 0 Å². The summed E-state index contributed by atoms with van der Waals surface area (Å²) in [6, 6.07) is 7.51. The van der Waals surface area contributed by atoms with Crippen LogP contribution in [0.3, 0.4) is 0 Å². The standard InChI is InChI=1S/C18H24ClF3N2O2/c19-16-5-2-1-4-15(16)6-7-17(25)24-11-9-23(10-12-24)8-3-13-26-14-18(20,21)22/h1-2,4-5H,3,6-14H2. The Morgan fingerprint density at radius 2 is 1.85 bits per heavy atom. The molecule has 1 aromatic rings. The Hall–Kier alpha value is -1.31. The monoisotopic (exact) mass is 392 g/mol. The van der Waals surface area contributed by atoms with Gasteiger partial charge < -0.3 is 9.64 Å². The van der Waals surface area contributed by atoms with Crippen LogP contribution in [0.25, 0.3) is 0 Å². The minimum atomic E-state index is -4.27. The smallest absolute Gasteiger partial charge is 0.372 e. The molecule has 1 aliphatic heterocycles. The molecule has 8 heteroatoms. The lowest BCUT2D eigenvalue weighted by atomic mass is 10.1. The number of nitrogens with zero attached hydrogens (tertiary/aromatic N) is 2. The first kappa shape index (κ1) is 21.0. The van der Waals surface area contributed by atoms with Crippen molar-refractivity contribution in [2.75, 3.05) is 45.9 Å². The van der Waals surface area contributed by atoms with E-state index in [0.717, 1.165) is 18.7 Å². The summed E-state index contributed by atoms with van der Waals surface area (Å²) in [6.07, 6.45) is -2.67. The van der Waals surface area contributed by atoms with Gasteiger partial charge in [-0.2, -0.15) is 13.2 Å². The van der Waals surface area contributed by atoms with E-state index in [1.807, 2.05) is 29.2 Å². The molecular formula is C18H24ClF3N2O2. The lowest BCUT2D eigenvalue weighted by Crippen LogP contribution is -2.49. The molecule has 26 heavy (non-hydrogen) atoms. The number of aryl methyl sites for hydroxylation is 1. The number of alkyl halides is 3. The van der Waals surface area contributed by atoms with Gasteiger partial charge in [-0.25, -0.2) is 0 Å². The fourth-order valence-electron chi connectivity index (χ4n) is 2.90. The predicted octanol–water partition coefficient (Wildman–Crippen LogP) is 3.39. The number of ether oxygens (including phenoxy) is 1. The number of rotatable bonds is 8. The van der Waals surface area contributed by atoms with Crippen LogP contribution in [0.5, 0.6) is 0 Å². The van der Waals surface area contributed by atoms with Crippen LogP contribution in [0.15, 0.2) is 24.3 Å². The van der Waals surface area contributed by atoms with E-state index in [1.165, 1.54) is 0 Å². The van der Waals surface area contributed by atoms with Crippen molar-refractivity contribution in [1.29, 1.82) is 0 Å². The Morgan fingerprint density at radius 3 is 2.50 bits per heavy atom. The largest absolute Gasteiger partial charge is 0.411 e. The Bertz CT molecular complexity index is 576. The second-order valence-electron chi connectivity index (χ2n) is 6.34. The fraction of sp³-hybridized carbons (Fsp3) is 0.611. The molecule has 1 aliphatic rings.